The first-order valence-corrected chi connectivity index (χ1v) is 11.1. The van der Waals surface area contributed by atoms with Gasteiger partial charge in [0.2, 0.25) is 0 Å². The number of pyridine rings is 1. The highest BCUT2D eigenvalue weighted by molar-refractivity contribution is 6.07. The lowest BCUT2D eigenvalue weighted by atomic mass is 10.1. The Balaban J connectivity index is 1.48. The standard InChI is InChI=1S/C25H30N4O2/c1-2-19-8-3-5-10-22(19)27-24-18-21(20-9-4-6-11-23(20)28-24)25(30)26-12-7-13-29-14-16-31-17-15-29/h3-6,8-11,18H,2,7,12-17H2,1H3,(H,26,30)(H,27,28). The summed E-state index contributed by atoms with van der Waals surface area (Å²) in [6.07, 6.45) is 1.84. The van der Waals surface area contributed by atoms with E-state index in [2.05, 4.69) is 28.5 Å². The Labute approximate surface area is 183 Å². The van der Waals surface area contributed by atoms with Gasteiger partial charge < -0.3 is 15.4 Å². The molecule has 3 aromatic rings. The molecule has 0 radical (unpaired) electrons. The van der Waals surface area contributed by atoms with Crippen molar-refractivity contribution in [3.05, 3.63) is 65.7 Å². The minimum absolute atomic E-state index is 0.0626. The van der Waals surface area contributed by atoms with Crippen molar-refractivity contribution >= 4 is 28.3 Å². The first-order valence-electron chi connectivity index (χ1n) is 11.1. The van der Waals surface area contributed by atoms with Crippen molar-refractivity contribution < 1.29 is 9.53 Å². The number of morpholine rings is 1. The molecule has 2 heterocycles. The van der Waals surface area contributed by atoms with E-state index in [-0.39, 0.29) is 5.91 Å². The molecule has 4 rings (SSSR count). The van der Waals surface area contributed by atoms with Crippen LogP contribution in [0.5, 0.6) is 0 Å². The maximum Gasteiger partial charge on any atom is 0.252 e. The van der Waals surface area contributed by atoms with Crippen LogP contribution < -0.4 is 10.6 Å². The fraction of sp³-hybridized carbons (Fsp3) is 0.360. The summed E-state index contributed by atoms with van der Waals surface area (Å²) < 4.78 is 5.39. The summed E-state index contributed by atoms with van der Waals surface area (Å²) in [6, 6.07) is 17.8. The summed E-state index contributed by atoms with van der Waals surface area (Å²) in [4.78, 5) is 20.2. The normalized spacial score (nSPS) is 14.5. The van der Waals surface area contributed by atoms with Crippen LogP contribution in [-0.4, -0.2) is 55.2 Å². The number of para-hydroxylation sites is 2. The summed E-state index contributed by atoms with van der Waals surface area (Å²) in [5.41, 5.74) is 3.68. The number of hydrogen-bond donors (Lipinski definition) is 2. The molecule has 1 fully saturated rings. The minimum Gasteiger partial charge on any atom is -0.379 e. The summed E-state index contributed by atoms with van der Waals surface area (Å²) in [5, 5.41) is 7.37. The van der Waals surface area contributed by atoms with Gasteiger partial charge in [0.15, 0.2) is 0 Å². The predicted octanol–water partition coefficient (Wildman–Crippen LogP) is 3.99. The molecule has 0 spiro atoms. The lowest BCUT2D eigenvalue weighted by Gasteiger charge is -2.26. The Morgan fingerprint density at radius 2 is 1.87 bits per heavy atom. The number of fused-ring (bicyclic) bond motifs is 1. The van der Waals surface area contributed by atoms with Crippen molar-refractivity contribution in [2.45, 2.75) is 19.8 Å². The van der Waals surface area contributed by atoms with Crippen molar-refractivity contribution in [1.29, 1.82) is 0 Å². The number of carbonyl (C=O) groups is 1. The maximum atomic E-state index is 13.0. The molecule has 6 nitrogen and oxygen atoms in total. The highest BCUT2D eigenvalue weighted by Gasteiger charge is 2.14. The third-order valence-electron chi connectivity index (χ3n) is 5.66. The number of rotatable bonds is 8. The van der Waals surface area contributed by atoms with Gasteiger partial charge in [-0.3, -0.25) is 9.69 Å². The molecule has 2 N–H and O–H groups in total. The fourth-order valence-electron chi connectivity index (χ4n) is 3.94. The number of nitrogens with one attached hydrogen (secondary N) is 2. The second-order valence-corrected chi connectivity index (χ2v) is 7.77. The largest absolute Gasteiger partial charge is 0.379 e. The third-order valence-corrected chi connectivity index (χ3v) is 5.66. The summed E-state index contributed by atoms with van der Waals surface area (Å²) >= 11 is 0. The number of hydrogen-bond acceptors (Lipinski definition) is 5. The van der Waals surface area contributed by atoms with E-state index in [4.69, 9.17) is 9.72 Å². The average molecular weight is 419 g/mol. The molecule has 0 saturated carbocycles. The summed E-state index contributed by atoms with van der Waals surface area (Å²) in [5.74, 6) is 0.616. The van der Waals surface area contributed by atoms with E-state index in [1.165, 1.54) is 5.56 Å². The number of benzene rings is 2. The molecule has 31 heavy (non-hydrogen) atoms. The average Bonchev–Trinajstić information content (AvgIpc) is 2.82. The topological polar surface area (TPSA) is 66.5 Å². The number of amides is 1. The van der Waals surface area contributed by atoms with Crippen LogP contribution in [0, 0.1) is 0 Å². The Bertz CT molecular complexity index is 1030. The Kier molecular flexibility index (Phi) is 7.12. The van der Waals surface area contributed by atoms with Crippen molar-refractivity contribution in [3.63, 3.8) is 0 Å². The van der Waals surface area contributed by atoms with Gasteiger partial charge in [0.05, 0.1) is 24.3 Å². The highest BCUT2D eigenvalue weighted by atomic mass is 16.5. The molecule has 2 aromatic carbocycles. The number of ether oxygens (including phenoxy) is 1. The zero-order valence-electron chi connectivity index (χ0n) is 18.1. The molecule has 0 atom stereocenters. The monoisotopic (exact) mass is 418 g/mol. The number of aryl methyl sites for hydroxylation is 1. The molecule has 6 heteroatoms. The Morgan fingerprint density at radius 3 is 2.71 bits per heavy atom. The molecular weight excluding hydrogens is 388 g/mol. The van der Waals surface area contributed by atoms with E-state index < -0.39 is 0 Å². The molecule has 1 aromatic heterocycles. The van der Waals surface area contributed by atoms with Crippen LogP contribution in [0.4, 0.5) is 11.5 Å². The first-order chi connectivity index (χ1) is 15.2. The molecule has 1 amide bonds. The van der Waals surface area contributed by atoms with Gasteiger partial charge >= 0.3 is 0 Å². The molecular formula is C25H30N4O2. The van der Waals surface area contributed by atoms with Crippen LogP contribution in [0.1, 0.15) is 29.3 Å². The van der Waals surface area contributed by atoms with Gasteiger partial charge in [0.1, 0.15) is 5.82 Å². The zero-order chi connectivity index (χ0) is 21.5. The molecule has 1 aliphatic heterocycles. The van der Waals surface area contributed by atoms with Gasteiger partial charge in [0, 0.05) is 30.7 Å². The fourth-order valence-corrected chi connectivity index (χ4v) is 3.94. The van der Waals surface area contributed by atoms with Crippen LogP contribution in [0.3, 0.4) is 0 Å². The van der Waals surface area contributed by atoms with E-state index in [1.807, 2.05) is 48.5 Å². The van der Waals surface area contributed by atoms with Gasteiger partial charge in [-0.15, -0.1) is 0 Å². The smallest absolute Gasteiger partial charge is 0.252 e. The Morgan fingerprint density at radius 1 is 1.10 bits per heavy atom. The van der Waals surface area contributed by atoms with Crippen LogP contribution >= 0.6 is 0 Å². The second kappa shape index (κ2) is 10.4. The quantitative estimate of drug-likeness (QED) is 0.542. The molecule has 1 aliphatic rings. The van der Waals surface area contributed by atoms with Gasteiger partial charge in [-0.05, 0) is 43.1 Å². The number of anilines is 2. The molecule has 162 valence electrons. The summed E-state index contributed by atoms with van der Waals surface area (Å²) in [7, 11) is 0. The Hall–Kier alpha value is -2.96. The third kappa shape index (κ3) is 5.40. The van der Waals surface area contributed by atoms with Crippen LogP contribution in [0.15, 0.2) is 54.6 Å². The van der Waals surface area contributed by atoms with E-state index in [1.54, 1.807) is 0 Å². The van der Waals surface area contributed by atoms with Crippen molar-refractivity contribution in [3.8, 4) is 0 Å². The minimum atomic E-state index is -0.0626. The number of carbonyl (C=O) groups excluding carboxylic acids is 1. The molecule has 0 bridgehead atoms. The van der Waals surface area contributed by atoms with Crippen LogP contribution in [0.25, 0.3) is 10.9 Å². The predicted molar refractivity (Wildman–Crippen MR) is 125 cm³/mol. The highest BCUT2D eigenvalue weighted by Crippen LogP contribution is 2.25. The SMILES string of the molecule is CCc1ccccc1Nc1cc(C(=O)NCCCN2CCOCC2)c2ccccc2n1. The van der Waals surface area contributed by atoms with Gasteiger partial charge in [-0.25, -0.2) is 4.98 Å². The van der Waals surface area contributed by atoms with E-state index in [0.717, 1.165) is 62.3 Å². The van der Waals surface area contributed by atoms with Crippen molar-refractivity contribution in [1.82, 2.24) is 15.2 Å². The maximum absolute atomic E-state index is 13.0. The number of nitrogens with zero attached hydrogens (tertiary/aromatic N) is 2. The van der Waals surface area contributed by atoms with Gasteiger partial charge in [-0.1, -0.05) is 43.3 Å². The van der Waals surface area contributed by atoms with E-state index in [0.29, 0.717) is 17.9 Å². The lowest BCUT2D eigenvalue weighted by Crippen LogP contribution is -2.38. The van der Waals surface area contributed by atoms with Gasteiger partial charge in [0.25, 0.3) is 5.91 Å². The second-order valence-electron chi connectivity index (χ2n) is 7.77. The molecule has 1 saturated heterocycles. The van der Waals surface area contributed by atoms with Crippen LogP contribution in [0.2, 0.25) is 0 Å². The summed E-state index contributed by atoms with van der Waals surface area (Å²) in [6.45, 7) is 7.28. The van der Waals surface area contributed by atoms with E-state index in [9.17, 15) is 4.79 Å². The van der Waals surface area contributed by atoms with Crippen molar-refractivity contribution in [2.24, 2.45) is 0 Å². The van der Waals surface area contributed by atoms with Gasteiger partial charge in [-0.2, -0.15) is 0 Å². The molecule has 0 unspecified atom stereocenters. The number of aromatic nitrogens is 1. The zero-order valence-corrected chi connectivity index (χ0v) is 18.1. The van der Waals surface area contributed by atoms with Crippen molar-refractivity contribution in [2.75, 3.05) is 44.7 Å². The van der Waals surface area contributed by atoms with Crippen LogP contribution in [-0.2, 0) is 11.2 Å². The first kappa shape index (κ1) is 21.3. The lowest BCUT2D eigenvalue weighted by molar-refractivity contribution is 0.0374. The van der Waals surface area contributed by atoms with E-state index >= 15 is 0 Å². The molecule has 0 aliphatic carbocycles.